The van der Waals surface area contributed by atoms with Crippen LogP contribution >= 0.6 is 23.2 Å². The number of halogens is 2. The van der Waals surface area contributed by atoms with Crippen LogP contribution < -0.4 is 10.6 Å². The first-order valence-electron chi connectivity index (χ1n) is 8.34. The summed E-state index contributed by atoms with van der Waals surface area (Å²) in [6, 6.07) is 3.14. The van der Waals surface area contributed by atoms with E-state index in [1.165, 1.54) is 0 Å². The predicted octanol–water partition coefficient (Wildman–Crippen LogP) is 3.52. The van der Waals surface area contributed by atoms with Crippen LogP contribution in [-0.2, 0) is 0 Å². The van der Waals surface area contributed by atoms with Gasteiger partial charge in [0.15, 0.2) is 0 Å². The number of anilines is 1. The van der Waals surface area contributed by atoms with E-state index in [2.05, 4.69) is 15.5 Å². The molecule has 24 heavy (non-hydrogen) atoms. The van der Waals surface area contributed by atoms with Crippen LogP contribution in [0.25, 0.3) is 0 Å². The summed E-state index contributed by atoms with van der Waals surface area (Å²) < 4.78 is 0. The van der Waals surface area contributed by atoms with Crippen LogP contribution in [-0.4, -0.2) is 48.8 Å². The number of nitrogens with one attached hydrogen (secondary N) is 2. The van der Waals surface area contributed by atoms with Gasteiger partial charge in [-0.25, -0.2) is 4.79 Å². The molecule has 1 heterocycles. The van der Waals surface area contributed by atoms with Gasteiger partial charge in [0, 0.05) is 24.7 Å². The second-order valence-corrected chi connectivity index (χ2v) is 7.04. The molecule has 1 fully saturated rings. The summed E-state index contributed by atoms with van der Waals surface area (Å²) in [5, 5.41) is 15.9. The van der Waals surface area contributed by atoms with Crippen LogP contribution in [0.4, 0.5) is 10.5 Å². The lowest BCUT2D eigenvalue weighted by molar-refractivity contribution is 0.120. The number of likely N-dealkylation sites (tertiary alicyclic amines) is 1. The summed E-state index contributed by atoms with van der Waals surface area (Å²) >= 11 is 12.2. The van der Waals surface area contributed by atoms with E-state index in [1.807, 2.05) is 6.92 Å². The molecule has 0 radical (unpaired) electrons. The number of nitrogens with zero attached hydrogens (tertiary/aromatic N) is 1. The maximum absolute atomic E-state index is 11.9. The summed E-state index contributed by atoms with van der Waals surface area (Å²) in [5.41, 5.74) is 1.30. The lowest BCUT2D eigenvalue weighted by atomic mass is 9.99. The second-order valence-electron chi connectivity index (χ2n) is 6.26. The van der Waals surface area contributed by atoms with Gasteiger partial charge in [-0.15, -0.1) is 0 Å². The third-order valence-electron chi connectivity index (χ3n) is 4.37. The normalized spacial score (nSPS) is 18.4. The van der Waals surface area contributed by atoms with Gasteiger partial charge in [0.25, 0.3) is 0 Å². The average molecular weight is 374 g/mol. The fraction of sp³-hybridized carbons (Fsp3) is 0.588. The number of rotatable bonds is 6. The van der Waals surface area contributed by atoms with E-state index in [1.54, 1.807) is 12.1 Å². The highest BCUT2D eigenvalue weighted by atomic mass is 35.5. The first-order valence-corrected chi connectivity index (χ1v) is 9.09. The van der Waals surface area contributed by atoms with Crippen molar-refractivity contribution in [2.24, 2.45) is 5.92 Å². The van der Waals surface area contributed by atoms with Crippen LogP contribution in [0.1, 0.15) is 24.8 Å². The summed E-state index contributed by atoms with van der Waals surface area (Å²) in [5.74, 6) is 0.394. The van der Waals surface area contributed by atoms with Gasteiger partial charge in [-0.2, -0.15) is 0 Å². The molecule has 1 aromatic rings. The number of aliphatic hydroxyl groups excluding tert-OH is 1. The molecule has 1 atom stereocenters. The summed E-state index contributed by atoms with van der Waals surface area (Å²) in [6.07, 6.45) is 3.11. The van der Waals surface area contributed by atoms with Crippen molar-refractivity contribution >= 4 is 34.9 Å². The number of aliphatic hydroxyl groups is 1. The Balaban J connectivity index is 1.69. The summed E-state index contributed by atoms with van der Waals surface area (Å²) in [4.78, 5) is 14.3. The van der Waals surface area contributed by atoms with Crippen molar-refractivity contribution in [2.45, 2.75) is 26.2 Å². The maximum atomic E-state index is 11.9. The molecule has 0 bridgehead atoms. The van der Waals surface area contributed by atoms with Gasteiger partial charge in [-0.05, 0) is 62.9 Å². The van der Waals surface area contributed by atoms with E-state index in [-0.39, 0.29) is 12.6 Å². The van der Waals surface area contributed by atoms with Crippen molar-refractivity contribution < 1.29 is 9.90 Å². The number of hydrogen-bond donors (Lipinski definition) is 3. The zero-order chi connectivity index (χ0) is 17.5. The Morgan fingerprint density at radius 3 is 2.96 bits per heavy atom. The first-order chi connectivity index (χ1) is 11.5. The van der Waals surface area contributed by atoms with Gasteiger partial charge in [0.2, 0.25) is 0 Å². The fourth-order valence-corrected chi connectivity index (χ4v) is 3.35. The van der Waals surface area contributed by atoms with Crippen LogP contribution in [0.5, 0.6) is 0 Å². The van der Waals surface area contributed by atoms with E-state index in [0.717, 1.165) is 44.5 Å². The zero-order valence-corrected chi connectivity index (χ0v) is 15.5. The van der Waals surface area contributed by atoms with Gasteiger partial charge in [0.1, 0.15) is 0 Å². The molecule has 3 N–H and O–H groups in total. The highest BCUT2D eigenvalue weighted by Gasteiger charge is 2.18. The molecule has 1 saturated heterocycles. The second kappa shape index (κ2) is 9.47. The minimum absolute atomic E-state index is 0.262. The van der Waals surface area contributed by atoms with Crippen LogP contribution in [0.3, 0.4) is 0 Å². The number of hydrogen-bond acceptors (Lipinski definition) is 3. The largest absolute Gasteiger partial charge is 0.396 e. The lowest BCUT2D eigenvalue weighted by Gasteiger charge is -2.31. The van der Waals surface area contributed by atoms with Gasteiger partial charge < -0.3 is 20.6 Å². The average Bonchev–Trinajstić information content (AvgIpc) is 2.59. The SMILES string of the molecule is Cc1c(Cl)ccc(NC(=O)NCCCN2CCCC(CO)C2)c1Cl. The monoisotopic (exact) mass is 373 g/mol. The molecule has 2 rings (SSSR count). The fourth-order valence-electron chi connectivity index (χ4n) is 2.93. The molecular weight excluding hydrogens is 349 g/mol. The molecule has 0 aromatic heterocycles. The zero-order valence-electron chi connectivity index (χ0n) is 13.9. The van der Waals surface area contributed by atoms with E-state index < -0.39 is 0 Å². The minimum atomic E-state index is -0.273. The van der Waals surface area contributed by atoms with Crippen molar-refractivity contribution in [1.82, 2.24) is 10.2 Å². The Kier molecular flexibility index (Phi) is 7.62. The van der Waals surface area contributed by atoms with Crippen LogP contribution in [0, 0.1) is 12.8 Å². The highest BCUT2D eigenvalue weighted by Crippen LogP contribution is 2.30. The van der Waals surface area contributed by atoms with Gasteiger partial charge in [-0.1, -0.05) is 23.2 Å². The van der Waals surface area contributed by atoms with Gasteiger partial charge in [0.05, 0.1) is 10.7 Å². The van der Waals surface area contributed by atoms with Gasteiger partial charge in [-0.3, -0.25) is 0 Å². The minimum Gasteiger partial charge on any atom is -0.396 e. The number of benzene rings is 1. The Hall–Kier alpha value is -1.01. The van der Waals surface area contributed by atoms with E-state index >= 15 is 0 Å². The number of piperidine rings is 1. The van der Waals surface area contributed by atoms with E-state index in [4.69, 9.17) is 23.2 Å². The Bertz CT molecular complexity index is 569. The number of carbonyl (C=O) groups is 1. The smallest absolute Gasteiger partial charge is 0.319 e. The lowest BCUT2D eigenvalue weighted by Crippen LogP contribution is -2.38. The third kappa shape index (κ3) is 5.52. The van der Waals surface area contributed by atoms with Crippen LogP contribution in [0.2, 0.25) is 10.0 Å². The Morgan fingerprint density at radius 1 is 1.42 bits per heavy atom. The molecule has 1 aliphatic rings. The van der Waals surface area contributed by atoms with Crippen molar-refractivity contribution in [1.29, 1.82) is 0 Å². The topological polar surface area (TPSA) is 64.6 Å². The molecule has 0 spiro atoms. The summed E-state index contributed by atoms with van der Waals surface area (Å²) in [7, 11) is 0. The Morgan fingerprint density at radius 2 is 2.21 bits per heavy atom. The first kappa shape index (κ1) is 19.3. The number of amides is 2. The highest BCUT2D eigenvalue weighted by molar-refractivity contribution is 6.38. The predicted molar refractivity (Wildman–Crippen MR) is 99.1 cm³/mol. The standard InChI is InChI=1S/C17H25Cl2N3O2/c1-12-14(18)5-6-15(16(12)19)21-17(24)20-7-3-9-22-8-2-4-13(10-22)11-23/h5-6,13,23H,2-4,7-11H2,1H3,(H2,20,21,24). The number of urea groups is 1. The molecule has 0 saturated carbocycles. The molecule has 2 amide bonds. The molecule has 1 unspecified atom stereocenters. The van der Waals surface area contributed by atoms with Crippen molar-refractivity contribution in [3.8, 4) is 0 Å². The van der Waals surface area contributed by atoms with Crippen molar-refractivity contribution in [3.63, 3.8) is 0 Å². The molecule has 0 aliphatic carbocycles. The molecular formula is C17H25Cl2N3O2. The van der Waals surface area contributed by atoms with Gasteiger partial charge >= 0.3 is 6.03 Å². The summed E-state index contributed by atoms with van der Waals surface area (Å²) in [6.45, 7) is 5.61. The van der Waals surface area contributed by atoms with E-state index in [0.29, 0.717) is 28.2 Å². The quantitative estimate of drug-likeness (QED) is 0.668. The molecule has 5 nitrogen and oxygen atoms in total. The Labute approximate surface area is 153 Å². The number of carbonyl (C=O) groups excluding carboxylic acids is 1. The van der Waals surface area contributed by atoms with Crippen molar-refractivity contribution in [3.05, 3.63) is 27.7 Å². The molecule has 7 heteroatoms. The third-order valence-corrected chi connectivity index (χ3v) is 5.26. The molecule has 1 aliphatic heterocycles. The van der Waals surface area contributed by atoms with E-state index in [9.17, 15) is 9.90 Å². The van der Waals surface area contributed by atoms with Crippen LogP contribution in [0.15, 0.2) is 12.1 Å². The maximum Gasteiger partial charge on any atom is 0.319 e. The van der Waals surface area contributed by atoms with Crippen molar-refractivity contribution in [2.75, 3.05) is 38.1 Å². The molecule has 134 valence electrons. The molecule has 1 aromatic carbocycles.